The van der Waals surface area contributed by atoms with Crippen LogP contribution < -0.4 is 16.2 Å². The molecule has 2 heterocycles. The number of phenols is 2. The fourth-order valence-corrected chi connectivity index (χ4v) is 14.5. The van der Waals surface area contributed by atoms with E-state index in [1.165, 1.54) is 0 Å². The van der Waals surface area contributed by atoms with Crippen LogP contribution in [0.1, 0.15) is 125 Å². The highest BCUT2D eigenvalue weighted by molar-refractivity contribution is 8.76. The number of carbonyl (C=O) groups is 2. The number of aromatic amines is 1. The van der Waals surface area contributed by atoms with Gasteiger partial charge < -0.3 is 46.7 Å². The summed E-state index contributed by atoms with van der Waals surface area (Å²) in [7, 11) is 3.33. The van der Waals surface area contributed by atoms with Gasteiger partial charge in [0.15, 0.2) is 23.1 Å². The number of ketones is 2. The van der Waals surface area contributed by atoms with Gasteiger partial charge in [-0.3, -0.25) is 9.59 Å². The number of fused-ring (bicyclic) bond motifs is 10. The van der Waals surface area contributed by atoms with E-state index in [4.69, 9.17) is 16.2 Å². The second-order valence-corrected chi connectivity index (χ2v) is 22.4. The van der Waals surface area contributed by atoms with Gasteiger partial charge in [0.25, 0.3) is 0 Å². The fraction of sp³-hybridized carbons (Fsp3) is 0.455. The molecule has 2 saturated carbocycles. The highest BCUT2D eigenvalue weighted by Gasteiger charge is 2.53. The van der Waals surface area contributed by atoms with Crippen LogP contribution in [0.25, 0.3) is 0 Å². The normalized spacial score (nSPS) is 28.1. The van der Waals surface area contributed by atoms with E-state index in [9.17, 15) is 35.1 Å². The van der Waals surface area contributed by atoms with Gasteiger partial charge in [0.1, 0.15) is 5.75 Å². The number of benzene rings is 3. The van der Waals surface area contributed by atoms with E-state index in [0.717, 1.165) is 59.2 Å². The number of nitrogens with two attached hydrogens (primary N) is 2. The van der Waals surface area contributed by atoms with Crippen molar-refractivity contribution in [3.63, 3.8) is 0 Å². The van der Waals surface area contributed by atoms with Crippen molar-refractivity contribution in [2.24, 2.45) is 40.1 Å². The predicted molar refractivity (Wildman–Crippen MR) is 267 cm³/mol. The minimum absolute atomic E-state index is 0.0140. The number of aliphatic hydroxyl groups is 3. The second-order valence-electron chi connectivity index (χ2n) is 19.9. The van der Waals surface area contributed by atoms with E-state index in [1.807, 2.05) is 18.2 Å². The second kappa shape index (κ2) is 20.7. The summed E-state index contributed by atoms with van der Waals surface area (Å²) in [6.07, 6.45) is 15.1. The Morgan fingerprint density at radius 1 is 0.912 bits per heavy atom. The Morgan fingerprint density at radius 2 is 1.72 bits per heavy atom. The van der Waals surface area contributed by atoms with Crippen LogP contribution in [0.2, 0.25) is 0 Å². The number of phenolic OH excluding ortho intramolecular Hbond substituents is 2. The largest absolute Gasteiger partial charge is 0.508 e. The number of ether oxygens (including phenoxy) is 1. The number of aromatic hydroxyl groups is 2. The Balaban J connectivity index is 1.08. The van der Waals surface area contributed by atoms with Crippen LogP contribution in [0.4, 0.5) is 0 Å². The van der Waals surface area contributed by atoms with Crippen molar-refractivity contribution in [3.8, 4) is 29.1 Å². The van der Waals surface area contributed by atoms with Crippen molar-refractivity contribution in [3.05, 3.63) is 135 Å². The number of aromatic nitrogens is 1. The summed E-state index contributed by atoms with van der Waals surface area (Å²) >= 11 is 0. The number of rotatable bonds is 5. The van der Waals surface area contributed by atoms with E-state index >= 15 is 0 Å². The summed E-state index contributed by atoms with van der Waals surface area (Å²) in [6.45, 7) is -0.0684. The maximum absolute atomic E-state index is 14.2. The molecule has 358 valence electrons. The summed E-state index contributed by atoms with van der Waals surface area (Å²) in [6, 6.07) is 16.3. The molecule has 0 amide bonds. The number of allylic oxidation sites excluding steroid dienone is 4. The number of aliphatic hydroxyl groups excluding tert-OH is 3. The zero-order valence-corrected chi connectivity index (χ0v) is 40.0. The van der Waals surface area contributed by atoms with Crippen molar-refractivity contribution >= 4 is 33.2 Å². The Bertz CT molecular complexity index is 2650. The molecule has 3 aromatic carbocycles. The van der Waals surface area contributed by atoms with Gasteiger partial charge >= 0.3 is 0 Å². The predicted octanol–water partition coefficient (Wildman–Crippen LogP) is 8.09. The minimum atomic E-state index is -0.808. The van der Waals surface area contributed by atoms with Gasteiger partial charge in [0.2, 0.25) is 0 Å². The van der Waals surface area contributed by atoms with Crippen LogP contribution in [0, 0.1) is 40.4 Å². The molecule has 5 aliphatic rings. The summed E-state index contributed by atoms with van der Waals surface area (Å²) < 4.78 is 6.17. The molecule has 9 rings (SSSR count). The van der Waals surface area contributed by atoms with Crippen molar-refractivity contribution in [1.29, 1.82) is 0 Å². The van der Waals surface area contributed by atoms with Crippen molar-refractivity contribution in [1.82, 2.24) is 4.98 Å². The Morgan fingerprint density at radius 3 is 2.54 bits per heavy atom. The van der Waals surface area contributed by atoms with Gasteiger partial charge in [0, 0.05) is 65.3 Å². The topological polar surface area (TPSA) is 212 Å². The van der Waals surface area contributed by atoms with E-state index in [-0.39, 0.29) is 66.4 Å². The highest BCUT2D eigenvalue weighted by Crippen LogP contribution is 2.61. The lowest BCUT2D eigenvalue weighted by molar-refractivity contribution is -0.114. The molecule has 0 spiro atoms. The molecule has 8 atom stereocenters. The Kier molecular flexibility index (Phi) is 14.7. The highest BCUT2D eigenvalue weighted by atomic mass is 33.1. The number of nitrogens with one attached hydrogen (secondary N) is 1. The number of hydrogen-bond donors (Lipinski definition) is 8. The molecule has 8 bridgehead atoms. The lowest BCUT2D eigenvalue weighted by Gasteiger charge is -2.46. The van der Waals surface area contributed by atoms with Gasteiger partial charge in [-0.1, -0.05) is 82.3 Å². The van der Waals surface area contributed by atoms with E-state index in [2.05, 4.69) is 41.1 Å². The van der Waals surface area contributed by atoms with Gasteiger partial charge in [-0.25, -0.2) is 0 Å². The van der Waals surface area contributed by atoms with Gasteiger partial charge in [-0.15, -0.1) is 0 Å². The average molecular weight is 958 g/mol. The molecule has 8 unspecified atom stereocenters. The Labute approximate surface area is 406 Å². The van der Waals surface area contributed by atoms with Crippen LogP contribution in [-0.2, 0) is 29.8 Å². The lowest BCUT2D eigenvalue weighted by Crippen LogP contribution is -2.39. The third-order valence-corrected chi connectivity index (χ3v) is 18.0. The minimum Gasteiger partial charge on any atom is -0.508 e. The van der Waals surface area contributed by atoms with Crippen molar-refractivity contribution in [2.45, 2.75) is 107 Å². The first kappa shape index (κ1) is 48.3. The third-order valence-electron chi connectivity index (χ3n) is 15.6. The van der Waals surface area contributed by atoms with Crippen molar-refractivity contribution in [2.75, 3.05) is 19.0 Å². The molecular formula is C55H63N3O8S2. The lowest BCUT2D eigenvalue weighted by atomic mass is 9.58. The first-order chi connectivity index (χ1) is 32.8. The SMILES string of the molecule is NC(N)c1cc2c3cc1CSSCC1CC(C4C=CC5CCCC5(CC(O)CO)C4)(C=CC(=O)CCc4ccc(O)c(c4)OCCc4ccc(O)c(c4)C3CC(=O)c3cc[nH]c3CC#C2)CC1O. The summed E-state index contributed by atoms with van der Waals surface area (Å²) in [4.78, 5) is 31.2. The van der Waals surface area contributed by atoms with Crippen LogP contribution in [-0.4, -0.2) is 73.3 Å². The molecule has 1 aliphatic heterocycles. The molecule has 11 nitrogen and oxygen atoms in total. The Hall–Kier alpha value is -4.78. The average Bonchev–Trinajstić information content (AvgIpc) is 4.06. The number of H-pyrrole nitrogens is 1. The molecule has 0 saturated heterocycles. The zero-order valence-electron chi connectivity index (χ0n) is 38.4. The molecule has 2 fully saturated rings. The van der Waals surface area contributed by atoms with Crippen LogP contribution in [0.15, 0.2) is 85.1 Å². The van der Waals surface area contributed by atoms with Gasteiger partial charge in [-0.2, -0.15) is 0 Å². The molecule has 68 heavy (non-hydrogen) atoms. The maximum atomic E-state index is 14.2. The molecule has 1 aromatic heterocycles. The van der Waals surface area contributed by atoms with E-state index in [1.54, 1.807) is 64.2 Å². The molecule has 13 heteroatoms. The summed E-state index contributed by atoms with van der Waals surface area (Å²) in [5.41, 5.74) is 19.0. The molecular weight excluding hydrogens is 895 g/mol. The molecule has 4 aromatic rings. The zero-order chi connectivity index (χ0) is 47.6. The summed E-state index contributed by atoms with van der Waals surface area (Å²) in [5.74, 6) is 7.77. The number of carbonyl (C=O) groups excluding carboxylic acids is 2. The van der Waals surface area contributed by atoms with Crippen LogP contribution in [0.5, 0.6) is 17.2 Å². The first-order valence-corrected chi connectivity index (χ1v) is 26.6. The number of aryl methyl sites for hydroxylation is 1. The first-order valence-electron chi connectivity index (χ1n) is 24.1. The quantitative estimate of drug-likeness (QED) is 0.0413. The van der Waals surface area contributed by atoms with Crippen molar-refractivity contribution < 1.29 is 39.9 Å². The standard InChI is InChI=1S/C55H63N3O8S2/c56-53(57)44-23-35-3-1-5-47-42(15-19-58-47)50(64)25-45-43(35)24-36(44)31-67-68-32-37-26-55(29-51(37)65,39-10-9-38-4-2-17-54(38,27-39)28-41(61)30-59)18-14-40(60)11-6-33-8-13-49(63)52(22-33)66-20-16-34-7-12-48(62)46(45)21-34/h7-10,12-15,18-19,21-24,37-39,41,45,51,53,58-59,61-63,65H,2,4-6,11,16-17,20,25-32,56-57H2. The number of Topliss-reactive ketones (excluding diaryl/α,β-unsaturated/α-hetero) is 1. The molecule has 10 N–H and O–H groups in total. The smallest absolute Gasteiger partial charge is 0.165 e. The molecule has 0 radical (unpaired) electrons. The monoisotopic (exact) mass is 957 g/mol. The van der Waals surface area contributed by atoms with Gasteiger partial charge in [-0.05, 0) is 138 Å². The molecule has 4 aliphatic carbocycles. The maximum Gasteiger partial charge on any atom is 0.165 e. The summed E-state index contributed by atoms with van der Waals surface area (Å²) in [5, 5.41) is 55.0. The van der Waals surface area contributed by atoms with E-state index in [0.29, 0.717) is 78.4 Å². The van der Waals surface area contributed by atoms with E-state index < -0.39 is 29.7 Å². The van der Waals surface area contributed by atoms with Crippen LogP contribution in [0.3, 0.4) is 0 Å². The third kappa shape index (κ3) is 10.2. The number of hydrogen-bond acceptors (Lipinski definition) is 12. The van der Waals surface area contributed by atoms with Crippen LogP contribution >= 0.6 is 21.6 Å². The van der Waals surface area contributed by atoms with Gasteiger partial charge in [0.05, 0.1) is 38.0 Å². The fourth-order valence-electron chi connectivity index (χ4n) is 12.0.